The average molecular weight is 452 g/mol. The number of aryl methyl sites for hydroxylation is 1. The number of nitrogens with zero attached hydrogens (tertiary/aromatic N) is 2. The fourth-order valence-electron chi connectivity index (χ4n) is 3.93. The molecule has 1 aromatic carbocycles. The molecule has 33 heavy (non-hydrogen) atoms. The van der Waals surface area contributed by atoms with Gasteiger partial charge in [0.25, 0.3) is 5.91 Å². The van der Waals surface area contributed by atoms with Crippen molar-refractivity contribution in [3.05, 3.63) is 65.0 Å². The lowest BCUT2D eigenvalue weighted by atomic mass is 9.89. The maximum Gasteiger partial charge on any atom is 0.253 e. The minimum absolute atomic E-state index is 0.0564. The Kier molecular flexibility index (Phi) is 9.01. The molecule has 0 aliphatic carbocycles. The highest BCUT2D eigenvalue weighted by Crippen LogP contribution is 2.29. The second kappa shape index (κ2) is 12.2. The molecule has 0 spiro atoms. The van der Waals surface area contributed by atoms with E-state index in [1.54, 1.807) is 30.4 Å². The molecule has 2 heterocycles. The molecule has 2 amide bonds. The van der Waals surface area contributed by atoms with E-state index in [0.717, 1.165) is 36.2 Å². The summed E-state index contributed by atoms with van der Waals surface area (Å²) in [6.45, 7) is 6.83. The second-order valence-electron chi connectivity index (χ2n) is 8.28. The van der Waals surface area contributed by atoms with Crippen LogP contribution in [0.1, 0.15) is 59.4 Å². The largest absolute Gasteiger partial charge is 0.508 e. The Morgan fingerprint density at radius 2 is 2.00 bits per heavy atom. The van der Waals surface area contributed by atoms with Crippen LogP contribution in [0.2, 0.25) is 0 Å². The van der Waals surface area contributed by atoms with Gasteiger partial charge in [-0.3, -0.25) is 14.6 Å². The number of aromatic hydroxyl groups is 1. The lowest BCUT2D eigenvalue weighted by Gasteiger charge is -2.32. The van der Waals surface area contributed by atoms with Gasteiger partial charge in [0.15, 0.2) is 0 Å². The first-order valence-electron chi connectivity index (χ1n) is 11.6. The third-order valence-corrected chi connectivity index (χ3v) is 5.67. The van der Waals surface area contributed by atoms with Crippen molar-refractivity contribution in [2.45, 2.75) is 39.0 Å². The number of phenols is 1. The molecule has 2 aromatic rings. The van der Waals surface area contributed by atoms with E-state index in [4.69, 9.17) is 9.72 Å². The summed E-state index contributed by atoms with van der Waals surface area (Å²) in [7, 11) is 0. The Morgan fingerprint density at radius 1 is 1.21 bits per heavy atom. The summed E-state index contributed by atoms with van der Waals surface area (Å²) in [5.41, 5.74) is 3.06. The van der Waals surface area contributed by atoms with Crippen LogP contribution in [0.25, 0.3) is 6.08 Å². The lowest BCUT2D eigenvalue weighted by molar-refractivity contribution is -0.127. The summed E-state index contributed by atoms with van der Waals surface area (Å²) >= 11 is 0. The Balaban J connectivity index is 1.59. The van der Waals surface area contributed by atoms with Crippen molar-refractivity contribution in [1.82, 2.24) is 15.2 Å². The molecule has 1 fully saturated rings. The third-order valence-electron chi connectivity index (χ3n) is 5.67. The van der Waals surface area contributed by atoms with Crippen LogP contribution in [0.15, 0.2) is 42.5 Å². The van der Waals surface area contributed by atoms with Crippen LogP contribution in [-0.4, -0.2) is 59.7 Å². The maximum atomic E-state index is 12.8. The van der Waals surface area contributed by atoms with Gasteiger partial charge >= 0.3 is 0 Å². The van der Waals surface area contributed by atoms with Gasteiger partial charge in [-0.2, -0.15) is 0 Å². The molecule has 176 valence electrons. The zero-order valence-electron chi connectivity index (χ0n) is 19.4. The summed E-state index contributed by atoms with van der Waals surface area (Å²) in [5, 5.41) is 12.5. The average Bonchev–Trinajstić information content (AvgIpc) is 2.82. The Hall–Kier alpha value is -3.19. The van der Waals surface area contributed by atoms with E-state index in [-0.39, 0.29) is 23.5 Å². The van der Waals surface area contributed by atoms with Gasteiger partial charge in [0, 0.05) is 43.9 Å². The number of aromatic nitrogens is 1. The number of rotatable bonds is 9. The quantitative estimate of drug-likeness (QED) is 0.448. The molecule has 0 bridgehead atoms. The number of benzene rings is 1. The predicted molar refractivity (Wildman–Crippen MR) is 128 cm³/mol. The lowest BCUT2D eigenvalue weighted by Crippen LogP contribution is -2.37. The molecular weight excluding hydrogens is 418 g/mol. The molecule has 7 nitrogen and oxygen atoms in total. The minimum Gasteiger partial charge on any atom is -0.508 e. The third kappa shape index (κ3) is 7.15. The van der Waals surface area contributed by atoms with Crippen molar-refractivity contribution < 1.29 is 19.4 Å². The summed E-state index contributed by atoms with van der Waals surface area (Å²) < 4.78 is 5.44. The highest BCUT2D eigenvalue weighted by molar-refractivity contribution is 5.95. The summed E-state index contributed by atoms with van der Waals surface area (Å²) in [5.74, 6) is 0.106. The number of hydrogen-bond acceptors (Lipinski definition) is 5. The topological polar surface area (TPSA) is 91.8 Å². The van der Waals surface area contributed by atoms with Gasteiger partial charge in [0.2, 0.25) is 5.91 Å². The van der Waals surface area contributed by atoms with E-state index in [1.807, 2.05) is 36.9 Å². The van der Waals surface area contributed by atoms with E-state index in [1.165, 1.54) is 0 Å². The van der Waals surface area contributed by atoms with Gasteiger partial charge in [0.1, 0.15) is 5.75 Å². The summed E-state index contributed by atoms with van der Waals surface area (Å²) in [4.78, 5) is 31.9. The van der Waals surface area contributed by atoms with E-state index in [0.29, 0.717) is 38.4 Å². The van der Waals surface area contributed by atoms with Gasteiger partial charge in [-0.25, -0.2) is 0 Å². The van der Waals surface area contributed by atoms with Crippen molar-refractivity contribution in [2.24, 2.45) is 0 Å². The number of ether oxygens (including phenoxy) is 1. The first kappa shape index (κ1) is 24.5. The normalized spacial score (nSPS) is 14.5. The van der Waals surface area contributed by atoms with Gasteiger partial charge in [-0.05, 0) is 62.1 Å². The molecule has 0 saturated carbocycles. The van der Waals surface area contributed by atoms with Crippen LogP contribution >= 0.6 is 0 Å². The van der Waals surface area contributed by atoms with Crippen LogP contribution in [0.5, 0.6) is 5.75 Å². The van der Waals surface area contributed by atoms with E-state index < -0.39 is 0 Å². The molecule has 0 atom stereocenters. The molecular formula is C26H33N3O4. The van der Waals surface area contributed by atoms with Crippen molar-refractivity contribution in [3.8, 4) is 5.75 Å². The van der Waals surface area contributed by atoms with Crippen LogP contribution in [0, 0.1) is 6.92 Å². The fourth-order valence-corrected chi connectivity index (χ4v) is 3.93. The zero-order valence-corrected chi connectivity index (χ0v) is 19.4. The minimum atomic E-state index is -0.134. The number of piperidine rings is 1. The van der Waals surface area contributed by atoms with Gasteiger partial charge in [-0.15, -0.1) is 0 Å². The molecule has 1 aliphatic heterocycles. The molecule has 3 rings (SSSR count). The maximum absolute atomic E-state index is 12.8. The summed E-state index contributed by atoms with van der Waals surface area (Å²) in [6.07, 6.45) is 5.71. The summed E-state index contributed by atoms with van der Waals surface area (Å²) in [6, 6.07) is 10.5. The SMILES string of the molecule is CCCOCCNC(=O)c1ccc(C)nc1C1CCN(C(=O)C=Cc2cccc(O)c2)CC1. The number of amides is 2. The number of carbonyl (C=O) groups is 2. The number of carbonyl (C=O) groups excluding carboxylic acids is 2. The monoisotopic (exact) mass is 451 g/mol. The fraction of sp³-hybridized carbons (Fsp3) is 0.423. The Labute approximate surface area is 195 Å². The molecule has 0 unspecified atom stereocenters. The van der Waals surface area contributed by atoms with Crippen molar-refractivity contribution in [2.75, 3.05) is 32.8 Å². The van der Waals surface area contributed by atoms with Gasteiger partial charge in [0.05, 0.1) is 17.9 Å². The second-order valence-corrected chi connectivity index (χ2v) is 8.28. The van der Waals surface area contributed by atoms with Crippen LogP contribution in [-0.2, 0) is 9.53 Å². The van der Waals surface area contributed by atoms with Crippen LogP contribution in [0.4, 0.5) is 0 Å². The van der Waals surface area contributed by atoms with Crippen molar-refractivity contribution in [3.63, 3.8) is 0 Å². The van der Waals surface area contributed by atoms with E-state index >= 15 is 0 Å². The number of likely N-dealkylation sites (tertiary alicyclic amines) is 1. The van der Waals surface area contributed by atoms with Crippen molar-refractivity contribution >= 4 is 17.9 Å². The number of hydrogen-bond donors (Lipinski definition) is 2. The van der Waals surface area contributed by atoms with Crippen molar-refractivity contribution in [1.29, 1.82) is 0 Å². The molecule has 7 heteroatoms. The molecule has 0 radical (unpaired) electrons. The first-order chi connectivity index (χ1) is 16.0. The first-order valence-corrected chi connectivity index (χ1v) is 11.6. The van der Waals surface area contributed by atoms with E-state index in [9.17, 15) is 14.7 Å². The Bertz CT molecular complexity index is 981. The smallest absolute Gasteiger partial charge is 0.253 e. The van der Waals surface area contributed by atoms with Crippen LogP contribution in [0.3, 0.4) is 0 Å². The Morgan fingerprint density at radius 3 is 2.73 bits per heavy atom. The predicted octanol–water partition coefficient (Wildman–Crippen LogP) is 3.67. The van der Waals surface area contributed by atoms with Crippen LogP contribution < -0.4 is 5.32 Å². The van der Waals surface area contributed by atoms with Gasteiger partial charge in [-0.1, -0.05) is 19.1 Å². The van der Waals surface area contributed by atoms with E-state index in [2.05, 4.69) is 5.32 Å². The number of pyridine rings is 1. The molecule has 1 saturated heterocycles. The zero-order chi connectivity index (χ0) is 23.6. The number of nitrogens with one attached hydrogen (secondary N) is 1. The number of phenolic OH excluding ortho intramolecular Hbond substituents is 1. The molecule has 1 aliphatic rings. The molecule has 1 aromatic heterocycles. The standard InChI is InChI=1S/C26H33N3O4/c1-3-16-33-17-13-27-26(32)23-9-7-19(2)28-25(23)21-11-14-29(15-12-21)24(31)10-8-20-5-4-6-22(30)18-20/h4-10,18,21,30H,3,11-17H2,1-2H3,(H,27,32). The molecule has 2 N–H and O–H groups in total. The highest BCUT2D eigenvalue weighted by Gasteiger charge is 2.27. The van der Waals surface area contributed by atoms with Gasteiger partial charge < -0.3 is 20.1 Å². The highest BCUT2D eigenvalue weighted by atomic mass is 16.5.